The topological polar surface area (TPSA) is 60.8 Å². The largest absolute Gasteiger partial charge is 0.480 e. The summed E-state index contributed by atoms with van der Waals surface area (Å²) >= 11 is 1.64. The number of aliphatic hydroxyl groups is 1. The molecule has 0 radical (unpaired) electrons. The molecular weight excluding hydrogens is 310 g/mol. The van der Waals surface area contributed by atoms with Gasteiger partial charge in [-0.05, 0) is 40.4 Å². The number of benzene rings is 1. The van der Waals surface area contributed by atoms with Crippen LogP contribution in [0.1, 0.15) is 28.7 Å². The zero-order valence-electron chi connectivity index (χ0n) is 13.1. The average Bonchev–Trinajstić information content (AvgIpc) is 3.18. The fraction of sp³-hybridized carbons (Fsp3) is 0.389. The van der Waals surface area contributed by atoms with E-state index in [1.165, 1.54) is 5.56 Å². The third kappa shape index (κ3) is 3.17. The minimum atomic E-state index is -0.832. The summed E-state index contributed by atoms with van der Waals surface area (Å²) in [5.41, 5.74) is 3.02. The van der Waals surface area contributed by atoms with Crippen LogP contribution in [0.2, 0.25) is 0 Å². The molecule has 2 heterocycles. The normalized spacial score (nSPS) is 23.0. The molecule has 1 aliphatic rings. The van der Waals surface area contributed by atoms with E-state index < -0.39 is 12.0 Å². The van der Waals surface area contributed by atoms with Gasteiger partial charge < -0.3 is 10.2 Å². The van der Waals surface area contributed by atoms with E-state index in [1.54, 1.807) is 11.3 Å². The molecule has 23 heavy (non-hydrogen) atoms. The number of thiophene rings is 1. The highest BCUT2D eigenvalue weighted by molar-refractivity contribution is 7.08. The Morgan fingerprint density at radius 2 is 2.13 bits per heavy atom. The molecule has 3 atom stereocenters. The minimum absolute atomic E-state index is 0.0791. The predicted molar refractivity (Wildman–Crippen MR) is 90.8 cm³/mol. The first-order chi connectivity index (χ1) is 11.1. The van der Waals surface area contributed by atoms with Crippen molar-refractivity contribution in [2.45, 2.75) is 18.9 Å². The number of aryl methyl sites for hydroxylation is 1. The van der Waals surface area contributed by atoms with Gasteiger partial charge in [0.25, 0.3) is 0 Å². The molecule has 0 saturated carbocycles. The van der Waals surface area contributed by atoms with Crippen LogP contribution in [0.3, 0.4) is 0 Å². The molecule has 1 aromatic carbocycles. The first kappa shape index (κ1) is 16.2. The van der Waals surface area contributed by atoms with Crippen molar-refractivity contribution in [3.8, 4) is 0 Å². The molecule has 1 aromatic heterocycles. The lowest BCUT2D eigenvalue weighted by Crippen LogP contribution is -2.33. The molecule has 2 N–H and O–H groups in total. The maximum Gasteiger partial charge on any atom is 0.325 e. The third-order valence-corrected chi connectivity index (χ3v) is 5.46. The Balaban J connectivity index is 1.90. The van der Waals surface area contributed by atoms with Gasteiger partial charge in [0, 0.05) is 31.5 Å². The number of carbonyl (C=O) groups is 1. The van der Waals surface area contributed by atoms with Gasteiger partial charge >= 0.3 is 5.97 Å². The van der Waals surface area contributed by atoms with E-state index >= 15 is 0 Å². The molecule has 5 heteroatoms. The van der Waals surface area contributed by atoms with E-state index in [2.05, 4.69) is 11.4 Å². The second-order valence-electron chi connectivity index (χ2n) is 6.16. The molecule has 1 saturated heterocycles. The van der Waals surface area contributed by atoms with Gasteiger partial charge in [0.2, 0.25) is 0 Å². The smallest absolute Gasteiger partial charge is 0.325 e. The fourth-order valence-electron chi connectivity index (χ4n) is 3.54. The van der Waals surface area contributed by atoms with E-state index in [9.17, 15) is 15.0 Å². The first-order valence-corrected chi connectivity index (χ1v) is 8.71. The highest BCUT2D eigenvalue weighted by atomic mass is 32.1. The molecular formula is C18H21NO3S. The second-order valence-corrected chi connectivity index (χ2v) is 6.94. The monoisotopic (exact) mass is 331 g/mol. The zero-order chi connectivity index (χ0) is 16.4. The molecule has 1 aliphatic heterocycles. The zero-order valence-corrected chi connectivity index (χ0v) is 13.9. The second kappa shape index (κ2) is 6.83. The molecule has 1 unspecified atom stereocenters. The van der Waals surface area contributed by atoms with Gasteiger partial charge in [-0.1, -0.05) is 24.3 Å². The van der Waals surface area contributed by atoms with E-state index in [-0.39, 0.29) is 18.4 Å². The van der Waals surface area contributed by atoms with Crippen LogP contribution < -0.4 is 0 Å². The van der Waals surface area contributed by atoms with Crippen molar-refractivity contribution in [1.82, 2.24) is 4.90 Å². The Hall–Kier alpha value is -1.69. The highest BCUT2D eigenvalue weighted by Gasteiger charge is 2.40. The lowest BCUT2D eigenvalue weighted by atomic mass is 9.91. The number of carboxylic acid groups (broad SMARTS) is 1. The minimum Gasteiger partial charge on any atom is -0.480 e. The molecule has 4 nitrogen and oxygen atoms in total. The standard InChI is InChI=1S/C18H21NO3S/c1-12-4-2-3-5-15(12)17(18(21)22)19-8-14(10-20)16(9-19)13-6-7-23-11-13/h2-7,11,14,16-17,20H,8-10H2,1H3,(H,21,22)/t14-,16-,17?/m0/s1. The van der Waals surface area contributed by atoms with Gasteiger partial charge in [0.1, 0.15) is 6.04 Å². The molecule has 122 valence electrons. The number of rotatable bonds is 5. The molecule has 0 spiro atoms. The Kier molecular flexibility index (Phi) is 4.80. The van der Waals surface area contributed by atoms with Crippen LogP contribution in [0.4, 0.5) is 0 Å². The van der Waals surface area contributed by atoms with Crippen LogP contribution in [-0.4, -0.2) is 40.8 Å². The Morgan fingerprint density at radius 1 is 1.35 bits per heavy atom. The SMILES string of the molecule is Cc1ccccc1C(C(=O)O)N1C[C@@H](CO)[C@H](c2ccsc2)C1. The molecule has 3 rings (SSSR count). The third-order valence-electron chi connectivity index (χ3n) is 4.76. The van der Waals surface area contributed by atoms with Gasteiger partial charge in [-0.2, -0.15) is 11.3 Å². The summed E-state index contributed by atoms with van der Waals surface area (Å²) < 4.78 is 0. The number of hydrogen-bond donors (Lipinski definition) is 2. The Morgan fingerprint density at radius 3 is 2.74 bits per heavy atom. The highest BCUT2D eigenvalue weighted by Crippen LogP contribution is 2.38. The molecule has 1 fully saturated rings. The van der Waals surface area contributed by atoms with Crippen molar-refractivity contribution in [3.63, 3.8) is 0 Å². The Bertz CT molecular complexity index is 671. The number of aliphatic hydroxyl groups excluding tert-OH is 1. The van der Waals surface area contributed by atoms with Gasteiger partial charge in [-0.3, -0.25) is 9.69 Å². The fourth-order valence-corrected chi connectivity index (χ4v) is 4.27. The number of aliphatic carboxylic acids is 1. The van der Waals surface area contributed by atoms with Crippen molar-refractivity contribution in [2.75, 3.05) is 19.7 Å². The molecule has 2 aromatic rings. The van der Waals surface area contributed by atoms with Crippen LogP contribution in [-0.2, 0) is 4.79 Å². The lowest BCUT2D eigenvalue weighted by Gasteiger charge is -2.26. The summed E-state index contributed by atoms with van der Waals surface area (Å²) in [6, 6.07) is 9.06. The van der Waals surface area contributed by atoms with Crippen molar-refractivity contribution in [2.24, 2.45) is 5.92 Å². The van der Waals surface area contributed by atoms with Crippen LogP contribution in [0.25, 0.3) is 0 Å². The van der Waals surface area contributed by atoms with Crippen LogP contribution in [0, 0.1) is 12.8 Å². The first-order valence-electron chi connectivity index (χ1n) is 7.77. The summed E-state index contributed by atoms with van der Waals surface area (Å²) in [4.78, 5) is 13.9. The lowest BCUT2D eigenvalue weighted by molar-refractivity contribution is -0.143. The van der Waals surface area contributed by atoms with Crippen molar-refractivity contribution < 1.29 is 15.0 Å². The Labute approximate surface area is 140 Å². The van der Waals surface area contributed by atoms with Gasteiger partial charge in [-0.15, -0.1) is 0 Å². The summed E-state index contributed by atoms with van der Waals surface area (Å²) in [5, 5.41) is 23.6. The van der Waals surface area contributed by atoms with Gasteiger partial charge in [0.15, 0.2) is 0 Å². The summed E-state index contributed by atoms with van der Waals surface area (Å²) in [6.07, 6.45) is 0. The average molecular weight is 331 g/mol. The maximum atomic E-state index is 11.9. The van der Waals surface area contributed by atoms with Crippen LogP contribution in [0.5, 0.6) is 0 Å². The molecule has 0 amide bonds. The number of carboxylic acids is 1. The van der Waals surface area contributed by atoms with E-state index in [1.807, 2.05) is 41.5 Å². The van der Waals surface area contributed by atoms with Crippen LogP contribution >= 0.6 is 11.3 Å². The summed E-state index contributed by atoms with van der Waals surface area (Å²) in [5.74, 6) is -0.561. The van der Waals surface area contributed by atoms with Gasteiger partial charge in [-0.25, -0.2) is 0 Å². The van der Waals surface area contributed by atoms with Gasteiger partial charge in [0.05, 0.1) is 0 Å². The van der Waals surface area contributed by atoms with Crippen molar-refractivity contribution >= 4 is 17.3 Å². The summed E-state index contributed by atoms with van der Waals surface area (Å²) in [7, 11) is 0. The predicted octanol–water partition coefficient (Wildman–Crippen LogP) is 2.89. The van der Waals surface area contributed by atoms with E-state index in [0.717, 1.165) is 11.1 Å². The van der Waals surface area contributed by atoms with Crippen molar-refractivity contribution in [1.29, 1.82) is 0 Å². The van der Waals surface area contributed by atoms with Crippen molar-refractivity contribution in [3.05, 3.63) is 57.8 Å². The number of nitrogens with zero attached hydrogens (tertiary/aromatic N) is 1. The molecule has 0 bridgehead atoms. The quantitative estimate of drug-likeness (QED) is 0.884. The van der Waals surface area contributed by atoms with E-state index in [4.69, 9.17) is 0 Å². The van der Waals surface area contributed by atoms with E-state index in [0.29, 0.717) is 13.1 Å². The summed E-state index contributed by atoms with van der Waals surface area (Å²) in [6.45, 7) is 3.29. The number of hydrogen-bond acceptors (Lipinski definition) is 4. The van der Waals surface area contributed by atoms with Crippen LogP contribution in [0.15, 0.2) is 41.1 Å². The number of likely N-dealkylation sites (tertiary alicyclic amines) is 1. The maximum absolute atomic E-state index is 11.9. The molecule has 0 aliphatic carbocycles.